The second-order valence-corrected chi connectivity index (χ2v) is 6.77. The number of fused-ring (bicyclic) bond motifs is 2. The van der Waals surface area contributed by atoms with Crippen LogP contribution in [0.25, 0.3) is 0 Å². The molecule has 0 radical (unpaired) electrons. The van der Waals surface area contributed by atoms with Gasteiger partial charge in [0.25, 0.3) is 0 Å². The molecule has 0 aromatic heterocycles. The highest BCUT2D eigenvalue weighted by atomic mass is 32.1. The van der Waals surface area contributed by atoms with Crippen molar-refractivity contribution >= 4 is 23.0 Å². The summed E-state index contributed by atoms with van der Waals surface area (Å²) in [6, 6.07) is 19.2. The summed E-state index contributed by atoms with van der Waals surface area (Å²) in [6.45, 7) is 6.29. The SMILES string of the molecule is CCC1(C)N(c2ccccc2)C(=S)N2Cc3ccccc3CN21. The van der Waals surface area contributed by atoms with E-state index in [0.29, 0.717) is 0 Å². The molecule has 1 unspecified atom stereocenters. The van der Waals surface area contributed by atoms with Crippen LogP contribution in [-0.2, 0) is 13.1 Å². The molecule has 4 heteroatoms. The molecule has 0 aliphatic carbocycles. The third-order valence-corrected chi connectivity index (χ3v) is 5.58. The van der Waals surface area contributed by atoms with Crippen molar-refractivity contribution in [1.29, 1.82) is 0 Å². The highest BCUT2D eigenvalue weighted by molar-refractivity contribution is 7.80. The van der Waals surface area contributed by atoms with Gasteiger partial charge in [0.2, 0.25) is 0 Å². The molecule has 3 nitrogen and oxygen atoms in total. The van der Waals surface area contributed by atoms with Crippen molar-refractivity contribution in [3.05, 3.63) is 65.7 Å². The lowest BCUT2D eigenvalue weighted by atomic mass is 10.0. The molecule has 0 saturated carbocycles. The Hall–Kier alpha value is -1.91. The van der Waals surface area contributed by atoms with Gasteiger partial charge in [-0.05, 0) is 48.8 Å². The normalized spacial score (nSPS) is 23.8. The second-order valence-electron chi connectivity index (χ2n) is 6.41. The Morgan fingerprint density at radius 1 is 0.957 bits per heavy atom. The van der Waals surface area contributed by atoms with E-state index in [1.54, 1.807) is 0 Å². The quantitative estimate of drug-likeness (QED) is 0.768. The lowest BCUT2D eigenvalue weighted by Crippen LogP contribution is -2.53. The van der Waals surface area contributed by atoms with E-state index in [4.69, 9.17) is 12.2 Å². The van der Waals surface area contributed by atoms with Crippen molar-refractivity contribution in [2.75, 3.05) is 4.90 Å². The van der Waals surface area contributed by atoms with Crippen molar-refractivity contribution in [3.63, 3.8) is 0 Å². The molecular formula is C19H21N3S. The predicted octanol–water partition coefficient (Wildman–Crippen LogP) is 4.15. The number of anilines is 1. The second kappa shape index (κ2) is 5.32. The molecule has 1 atom stereocenters. The van der Waals surface area contributed by atoms with E-state index in [1.165, 1.54) is 16.8 Å². The number of nitrogens with zero attached hydrogens (tertiary/aromatic N) is 3. The van der Waals surface area contributed by atoms with Gasteiger partial charge in [0.1, 0.15) is 5.66 Å². The summed E-state index contributed by atoms with van der Waals surface area (Å²) >= 11 is 5.87. The molecule has 2 aliphatic heterocycles. The molecule has 2 aliphatic rings. The summed E-state index contributed by atoms with van der Waals surface area (Å²) in [6.07, 6.45) is 1.00. The van der Waals surface area contributed by atoms with Crippen LogP contribution in [0.3, 0.4) is 0 Å². The van der Waals surface area contributed by atoms with Crippen molar-refractivity contribution in [1.82, 2.24) is 10.0 Å². The molecular weight excluding hydrogens is 302 g/mol. The van der Waals surface area contributed by atoms with Crippen molar-refractivity contribution in [2.24, 2.45) is 0 Å². The fourth-order valence-corrected chi connectivity index (χ4v) is 4.17. The van der Waals surface area contributed by atoms with Crippen molar-refractivity contribution in [3.8, 4) is 0 Å². The van der Waals surface area contributed by atoms with Crippen LogP contribution in [-0.4, -0.2) is 20.8 Å². The molecule has 118 valence electrons. The first-order valence-corrected chi connectivity index (χ1v) is 8.57. The standard InChI is InChI=1S/C19H21N3S/c1-3-19(2)21-14-16-10-8-7-9-15(16)13-20(21)18(23)22(19)17-11-5-4-6-12-17/h4-12H,3,13-14H2,1-2H3. The number of rotatable bonds is 2. The minimum Gasteiger partial charge on any atom is -0.297 e. The topological polar surface area (TPSA) is 9.72 Å². The third kappa shape index (κ3) is 2.09. The van der Waals surface area contributed by atoms with E-state index in [-0.39, 0.29) is 5.66 Å². The summed E-state index contributed by atoms with van der Waals surface area (Å²) in [7, 11) is 0. The molecule has 0 spiro atoms. The molecule has 2 heterocycles. The Morgan fingerprint density at radius 2 is 1.57 bits per heavy atom. The van der Waals surface area contributed by atoms with Gasteiger partial charge in [0, 0.05) is 12.2 Å². The number of hydrogen-bond donors (Lipinski definition) is 0. The maximum absolute atomic E-state index is 5.87. The fraction of sp³-hybridized carbons (Fsp3) is 0.316. The van der Waals surface area contributed by atoms with Crippen LogP contribution >= 0.6 is 12.2 Å². The van der Waals surface area contributed by atoms with Crippen LogP contribution in [0, 0.1) is 0 Å². The molecule has 2 aromatic rings. The van der Waals surface area contributed by atoms with Crippen molar-refractivity contribution in [2.45, 2.75) is 39.0 Å². The van der Waals surface area contributed by atoms with Gasteiger partial charge in [-0.2, -0.15) is 5.01 Å². The highest BCUT2D eigenvalue weighted by Crippen LogP contribution is 2.42. The zero-order valence-corrected chi connectivity index (χ0v) is 14.4. The minimum atomic E-state index is -0.133. The lowest BCUT2D eigenvalue weighted by molar-refractivity contribution is -0.0422. The zero-order valence-electron chi connectivity index (χ0n) is 13.6. The van der Waals surface area contributed by atoms with Crippen LogP contribution < -0.4 is 4.90 Å². The largest absolute Gasteiger partial charge is 0.297 e. The van der Waals surface area contributed by atoms with Gasteiger partial charge in [-0.1, -0.05) is 49.4 Å². The minimum absolute atomic E-state index is 0.133. The average Bonchev–Trinajstić information content (AvgIpc) is 2.82. The Kier molecular flexibility index (Phi) is 3.39. The first-order valence-electron chi connectivity index (χ1n) is 8.16. The van der Waals surface area contributed by atoms with Crippen LogP contribution in [0.2, 0.25) is 0 Å². The van der Waals surface area contributed by atoms with E-state index < -0.39 is 0 Å². The average molecular weight is 323 g/mol. The fourth-order valence-electron chi connectivity index (χ4n) is 3.70. The maximum Gasteiger partial charge on any atom is 0.192 e. The summed E-state index contributed by atoms with van der Waals surface area (Å²) < 4.78 is 0. The van der Waals surface area contributed by atoms with Crippen LogP contribution in [0.1, 0.15) is 31.4 Å². The molecule has 0 bridgehead atoms. The molecule has 0 N–H and O–H groups in total. The number of para-hydroxylation sites is 1. The predicted molar refractivity (Wildman–Crippen MR) is 97.7 cm³/mol. The summed E-state index contributed by atoms with van der Waals surface area (Å²) in [4.78, 5) is 2.31. The van der Waals surface area contributed by atoms with E-state index in [2.05, 4.69) is 83.4 Å². The Balaban J connectivity index is 1.80. The van der Waals surface area contributed by atoms with E-state index in [0.717, 1.165) is 24.6 Å². The van der Waals surface area contributed by atoms with Crippen LogP contribution in [0.4, 0.5) is 5.69 Å². The first-order chi connectivity index (χ1) is 11.1. The van der Waals surface area contributed by atoms with E-state index in [9.17, 15) is 0 Å². The molecule has 2 aromatic carbocycles. The van der Waals surface area contributed by atoms with Gasteiger partial charge in [-0.15, -0.1) is 0 Å². The van der Waals surface area contributed by atoms with E-state index in [1.807, 2.05) is 0 Å². The van der Waals surface area contributed by atoms with Gasteiger partial charge < -0.3 is 0 Å². The zero-order chi connectivity index (χ0) is 16.0. The third-order valence-electron chi connectivity index (χ3n) is 5.18. The maximum atomic E-state index is 5.87. The van der Waals surface area contributed by atoms with Gasteiger partial charge >= 0.3 is 0 Å². The Bertz CT molecular complexity index is 745. The van der Waals surface area contributed by atoms with Gasteiger partial charge in [-0.3, -0.25) is 9.91 Å². The molecule has 4 rings (SSSR count). The highest BCUT2D eigenvalue weighted by Gasteiger charge is 2.51. The first kappa shape index (κ1) is 14.7. The summed E-state index contributed by atoms with van der Waals surface area (Å²) in [5.41, 5.74) is 3.81. The van der Waals surface area contributed by atoms with E-state index >= 15 is 0 Å². The number of benzene rings is 2. The summed E-state index contributed by atoms with van der Waals surface area (Å²) in [5, 5.41) is 5.61. The Labute approximate surface area is 143 Å². The molecule has 1 fully saturated rings. The number of hydrogen-bond acceptors (Lipinski definition) is 2. The van der Waals surface area contributed by atoms with Crippen molar-refractivity contribution < 1.29 is 0 Å². The lowest BCUT2D eigenvalue weighted by Gasteiger charge is -2.43. The summed E-state index contributed by atoms with van der Waals surface area (Å²) in [5.74, 6) is 0. The Morgan fingerprint density at radius 3 is 2.22 bits per heavy atom. The molecule has 23 heavy (non-hydrogen) atoms. The monoisotopic (exact) mass is 323 g/mol. The van der Waals surface area contributed by atoms with Crippen LogP contribution in [0.5, 0.6) is 0 Å². The van der Waals surface area contributed by atoms with Gasteiger partial charge in [-0.25, -0.2) is 0 Å². The number of thiocarbonyl (C=S) groups is 1. The van der Waals surface area contributed by atoms with Gasteiger partial charge in [0.15, 0.2) is 5.11 Å². The smallest absolute Gasteiger partial charge is 0.192 e. The molecule has 1 saturated heterocycles. The van der Waals surface area contributed by atoms with Crippen LogP contribution in [0.15, 0.2) is 54.6 Å². The number of hydrazine groups is 1. The molecule has 0 amide bonds. The van der Waals surface area contributed by atoms with Gasteiger partial charge in [0.05, 0.1) is 6.54 Å².